The predicted octanol–water partition coefficient (Wildman–Crippen LogP) is 3.62. The van der Waals surface area contributed by atoms with Crippen LogP contribution in [0.15, 0.2) is 32.0 Å². The number of amides is 1. The van der Waals surface area contributed by atoms with E-state index in [9.17, 15) is 9.59 Å². The highest BCUT2D eigenvalue weighted by Gasteiger charge is 2.14. The number of thiophene rings is 1. The summed E-state index contributed by atoms with van der Waals surface area (Å²) in [6.45, 7) is 0. The third-order valence-corrected chi connectivity index (χ3v) is 4.49. The van der Waals surface area contributed by atoms with Crippen LogP contribution in [0.1, 0.15) is 20.7 Å². The number of carboxylic acid groups (broad SMARTS) is 1. The van der Waals surface area contributed by atoms with Crippen molar-refractivity contribution in [2.24, 2.45) is 0 Å². The first kappa shape index (κ1) is 14.2. The predicted molar refractivity (Wildman–Crippen MR) is 78.9 cm³/mol. The van der Waals surface area contributed by atoms with Gasteiger partial charge in [0.1, 0.15) is 5.82 Å². The molecule has 2 N–H and O–H groups in total. The maximum absolute atomic E-state index is 12.0. The summed E-state index contributed by atoms with van der Waals surface area (Å²) in [5, 5.41) is 11.3. The average Bonchev–Trinajstić information content (AvgIpc) is 2.69. The fraction of sp³-hybridized carbons (Fsp3) is 0. The first-order chi connectivity index (χ1) is 8.97. The zero-order valence-electron chi connectivity index (χ0n) is 9.18. The number of carbonyl (C=O) groups excluding carboxylic acids is 1. The quantitative estimate of drug-likeness (QED) is 0.817. The van der Waals surface area contributed by atoms with E-state index in [1.54, 1.807) is 6.07 Å². The van der Waals surface area contributed by atoms with Crippen LogP contribution in [-0.4, -0.2) is 22.0 Å². The number of aromatic nitrogens is 1. The Morgan fingerprint density at radius 1 is 1.32 bits per heavy atom. The Balaban J connectivity index is 2.15. The molecule has 0 radical (unpaired) electrons. The summed E-state index contributed by atoms with van der Waals surface area (Å²) < 4.78 is 1.54. The van der Waals surface area contributed by atoms with Gasteiger partial charge in [0.25, 0.3) is 5.91 Å². The van der Waals surface area contributed by atoms with Crippen LogP contribution in [0.25, 0.3) is 0 Å². The summed E-state index contributed by atoms with van der Waals surface area (Å²) in [4.78, 5) is 26.5. The monoisotopic (exact) mass is 404 g/mol. The van der Waals surface area contributed by atoms with Crippen LogP contribution < -0.4 is 5.32 Å². The van der Waals surface area contributed by atoms with Gasteiger partial charge in [-0.15, -0.1) is 11.3 Å². The SMILES string of the molecule is O=C(O)c1ccc(NC(=O)c2cc(Br)sc2Br)nc1. The van der Waals surface area contributed by atoms with Crippen LogP contribution in [0.4, 0.5) is 5.82 Å². The van der Waals surface area contributed by atoms with E-state index >= 15 is 0 Å². The summed E-state index contributed by atoms with van der Waals surface area (Å²) in [5.74, 6) is -1.08. The Kier molecular flexibility index (Phi) is 4.33. The zero-order valence-corrected chi connectivity index (χ0v) is 13.2. The van der Waals surface area contributed by atoms with Crippen molar-refractivity contribution in [3.8, 4) is 0 Å². The van der Waals surface area contributed by atoms with Crippen molar-refractivity contribution in [2.75, 3.05) is 5.32 Å². The van der Waals surface area contributed by atoms with Gasteiger partial charge in [-0.05, 0) is 50.1 Å². The van der Waals surface area contributed by atoms with Crippen LogP contribution in [0.2, 0.25) is 0 Å². The Morgan fingerprint density at radius 2 is 2.05 bits per heavy atom. The molecule has 8 heteroatoms. The van der Waals surface area contributed by atoms with Crippen LogP contribution in [-0.2, 0) is 0 Å². The number of carboxylic acids is 1. The molecule has 0 fully saturated rings. The van der Waals surface area contributed by atoms with E-state index in [1.165, 1.54) is 29.7 Å². The lowest BCUT2D eigenvalue weighted by atomic mass is 10.3. The van der Waals surface area contributed by atoms with E-state index in [4.69, 9.17) is 5.11 Å². The van der Waals surface area contributed by atoms with Gasteiger partial charge in [0.15, 0.2) is 0 Å². The number of halogens is 2. The maximum Gasteiger partial charge on any atom is 0.337 e. The number of hydrogen-bond acceptors (Lipinski definition) is 4. The minimum absolute atomic E-state index is 0.0671. The number of carbonyl (C=O) groups is 2. The first-order valence-electron chi connectivity index (χ1n) is 4.93. The second-order valence-corrected chi connectivity index (χ2v) is 7.18. The van der Waals surface area contributed by atoms with E-state index in [-0.39, 0.29) is 11.5 Å². The van der Waals surface area contributed by atoms with Gasteiger partial charge < -0.3 is 10.4 Å². The molecule has 0 atom stereocenters. The average molecular weight is 406 g/mol. The van der Waals surface area contributed by atoms with Gasteiger partial charge in [0.2, 0.25) is 0 Å². The number of nitrogens with one attached hydrogen (secondary N) is 1. The molecule has 2 aromatic rings. The molecular formula is C11H6Br2N2O3S. The van der Waals surface area contributed by atoms with E-state index < -0.39 is 5.97 Å². The molecule has 0 aliphatic rings. The second kappa shape index (κ2) is 5.81. The fourth-order valence-electron chi connectivity index (χ4n) is 1.27. The third kappa shape index (κ3) is 3.40. The molecular weight excluding hydrogens is 400 g/mol. The summed E-state index contributed by atoms with van der Waals surface area (Å²) in [6, 6.07) is 4.51. The highest BCUT2D eigenvalue weighted by atomic mass is 79.9. The van der Waals surface area contributed by atoms with Crippen LogP contribution in [0, 0.1) is 0 Å². The van der Waals surface area contributed by atoms with E-state index in [1.807, 2.05) is 0 Å². The van der Waals surface area contributed by atoms with E-state index in [0.717, 1.165) is 3.79 Å². The van der Waals surface area contributed by atoms with Crippen molar-refractivity contribution in [3.05, 3.63) is 43.1 Å². The number of pyridine rings is 1. The summed E-state index contributed by atoms with van der Waals surface area (Å²) >= 11 is 7.97. The molecule has 0 saturated carbocycles. The fourth-order valence-corrected chi connectivity index (χ4v) is 4.07. The number of nitrogens with zero attached hydrogens (tertiary/aromatic N) is 1. The minimum Gasteiger partial charge on any atom is -0.478 e. The van der Waals surface area contributed by atoms with Crippen molar-refractivity contribution < 1.29 is 14.7 Å². The molecule has 1 amide bonds. The van der Waals surface area contributed by atoms with Crippen molar-refractivity contribution in [2.45, 2.75) is 0 Å². The van der Waals surface area contributed by atoms with Crippen molar-refractivity contribution in [1.29, 1.82) is 0 Å². The van der Waals surface area contributed by atoms with Crippen LogP contribution in [0.5, 0.6) is 0 Å². The van der Waals surface area contributed by atoms with Gasteiger partial charge in [-0.25, -0.2) is 9.78 Å². The van der Waals surface area contributed by atoms with Crippen molar-refractivity contribution in [1.82, 2.24) is 4.98 Å². The number of aromatic carboxylic acids is 1. The van der Waals surface area contributed by atoms with E-state index in [0.29, 0.717) is 15.2 Å². The van der Waals surface area contributed by atoms with Crippen LogP contribution in [0.3, 0.4) is 0 Å². The Morgan fingerprint density at radius 3 is 2.53 bits per heavy atom. The lowest BCUT2D eigenvalue weighted by Gasteiger charge is -2.03. The van der Waals surface area contributed by atoms with Gasteiger partial charge in [0.05, 0.1) is 18.7 Å². The lowest BCUT2D eigenvalue weighted by molar-refractivity contribution is 0.0696. The van der Waals surface area contributed by atoms with Gasteiger partial charge in [0, 0.05) is 6.20 Å². The highest BCUT2D eigenvalue weighted by molar-refractivity contribution is 9.12. The van der Waals surface area contributed by atoms with Gasteiger partial charge in [-0.2, -0.15) is 0 Å². The maximum atomic E-state index is 12.0. The molecule has 0 saturated heterocycles. The lowest BCUT2D eigenvalue weighted by Crippen LogP contribution is -2.12. The Bertz CT molecular complexity index is 640. The molecule has 0 aliphatic carbocycles. The van der Waals surface area contributed by atoms with Gasteiger partial charge in [-0.1, -0.05) is 0 Å². The second-order valence-electron chi connectivity index (χ2n) is 3.43. The molecule has 0 unspecified atom stereocenters. The molecule has 19 heavy (non-hydrogen) atoms. The topological polar surface area (TPSA) is 79.3 Å². The van der Waals surface area contributed by atoms with Crippen molar-refractivity contribution in [3.63, 3.8) is 0 Å². The molecule has 2 aromatic heterocycles. The van der Waals surface area contributed by atoms with Gasteiger partial charge in [-0.3, -0.25) is 4.79 Å². The van der Waals surface area contributed by atoms with Crippen LogP contribution >= 0.6 is 43.2 Å². The molecule has 2 rings (SSSR count). The molecule has 0 spiro atoms. The summed E-state index contributed by atoms with van der Waals surface area (Å²) in [5.41, 5.74) is 0.554. The number of rotatable bonds is 3. The standard InChI is InChI=1S/C11H6Br2N2O3S/c12-7-3-6(9(13)19-7)10(16)15-8-2-1-5(4-14-8)11(17)18/h1-4H,(H,17,18)(H,14,15,16). The normalized spacial score (nSPS) is 10.2. The molecule has 0 bridgehead atoms. The van der Waals surface area contributed by atoms with Crippen molar-refractivity contribution >= 4 is 60.9 Å². The minimum atomic E-state index is -1.06. The molecule has 0 aliphatic heterocycles. The highest BCUT2D eigenvalue weighted by Crippen LogP contribution is 2.32. The Hall–Kier alpha value is -1.25. The van der Waals surface area contributed by atoms with E-state index in [2.05, 4.69) is 42.2 Å². The molecule has 5 nitrogen and oxygen atoms in total. The summed E-state index contributed by atoms with van der Waals surface area (Å²) in [6.07, 6.45) is 1.19. The zero-order chi connectivity index (χ0) is 14.0. The first-order valence-corrected chi connectivity index (χ1v) is 7.33. The molecule has 0 aromatic carbocycles. The summed E-state index contributed by atoms with van der Waals surface area (Å²) in [7, 11) is 0. The smallest absolute Gasteiger partial charge is 0.337 e. The van der Waals surface area contributed by atoms with Gasteiger partial charge >= 0.3 is 5.97 Å². The number of anilines is 1. The number of hydrogen-bond donors (Lipinski definition) is 2. The molecule has 2 heterocycles. The largest absolute Gasteiger partial charge is 0.478 e. The molecule has 98 valence electrons. The third-order valence-electron chi connectivity index (χ3n) is 2.15. The Labute approximate surface area is 128 Å².